The van der Waals surface area contributed by atoms with Crippen LogP contribution in [-0.4, -0.2) is 23.9 Å². The second kappa shape index (κ2) is 5.29. The molecule has 1 heterocycles. The van der Waals surface area contributed by atoms with E-state index in [1.54, 1.807) is 0 Å². The summed E-state index contributed by atoms with van der Waals surface area (Å²) in [7, 11) is 0. The van der Waals surface area contributed by atoms with Gasteiger partial charge >= 0.3 is 0 Å². The Balaban J connectivity index is 1.59. The van der Waals surface area contributed by atoms with E-state index in [1.807, 2.05) is 0 Å². The molecule has 98 valence electrons. The van der Waals surface area contributed by atoms with E-state index in [0.29, 0.717) is 0 Å². The molecular weight excluding hydrogens is 226 g/mol. The third kappa shape index (κ3) is 2.52. The van der Waals surface area contributed by atoms with Crippen molar-refractivity contribution in [2.24, 2.45) is 0 Å². The number of rotatable bonds is 3. The maximum absolute atomic E-state index is 9.92. The summed E-state index contributed by atoms with van der Waals surface area (Å²) in [5.41, 5.74) is 2.61. The highest BCUT2D eigenvalue weighted by Crippen LogP contribution is 2.26. The summed E-state index contributed by atoms with van der Waals surface area (Å²) >= 11 is 0. The standard InChI is InChI=1S/C15H21NO2/c17-14-4-2-1-3-13(14)16-10-11-5-6-15-12(9-11)7-8-18-15/h5-6,9,13-14,16-17H,1-4,7-8,10H2/t13-,14+/m1/s1. The van der Waals surface area contributed by atoms with Crippen LogP contribution in [0.15, 0.2) is 18.2 Å². The molecule has 0 aromatic heterocycles. The van der Waals surface area contributed by atoms with Gasteiger partial charge in [-0.2, -0.15) is 0 Å². The van der Waals surface area contributed by atoms with E-state index in [2.05, 4.69) is 23.5 Å². The van der Waals surface area contributed by atoms with Crippen molar-refractivity contribution in [1.82, 2.24) is 5.32 Å². The molecule has 0 amide bonds. The predicted molar refractivity (Wildman–Crippen MR) is 70.7 cm³/mol. The monoisotopic (exact) mass is 247 g/mol. The molecule has 0 bridgehead atoms. The second-order valence-corrected chi connectivity index (χ2v) is 5.38. The normalized spacial score (nSPS) is 26.7. The number of nitrogens with one attached hydrogen (secondary N) is 1. The molecule has 1 fully saturated rings. The summed E-state index contributed by atoms with van der Waals surface area (Å²) in [4.78, 5) is 0. The average molecular weight is 247 g/mol. The quantitative estimate of drug-likeness (QED) is 0.858. The second-order valence-electron chi connectivity index (χ2n) is 5.38. The fraction of sp³-hybridized carbons (Fsp3) is 0.600. The van der Waals surface area contributed by atoms with Gasteiger partial charge in [-0.05, 0) is 30.0 Å². The molecule has 0 spiro atoms. The minimum absolute atomic E-state index is 0.170. The SMILES string of the molecule is O[C@H]1CCCC[C@H]1NCc1ccc2c(c1)CCO2. The molecule has 1 aromatic rings. The van der Waals surface area contributed by atoms with Crippen LogP contribution >= 0.6 is 0 Å². The van der Waals surface area contributed by atoms with Gasteiger partial charge in [-0.3, -0.25) is 0 Å². The Hall–Kier alpha value is -1.06. The summed E-state index contributed by atoms with van der Waals surface area (Å²) in [6, 6.07) is 6.68. The van der Waals surface area contributed by atoms with Gasteiger partial charge in [-0.25, -0.2) is 0 Å². The fourth-order valence-electron chi connectivity index (χ4n) is 2.95. The van der Waals surface area contributed by atoms with Gasteiger partial charge < -0.3 is 15.2 Å². The number of ether oxygens (including phenoxy) is 1. The van der Waals surface area contributed by atoms with Gasteiger partial charge in [-0.15, -0.1) is 0 Å². The topological polar surface area (TPSA) is 41.5 Å². The zero-order valence-electron chi connectivity index (χ0n) is 10.7. The largest absolute Gasteiger partial charge is 0.493 e. The van der Waals surface area contributed by atoms with Crippen molar-refractivity contribution < 1.29 is 9.84 Å². The number of hydrogen-bond acceptors (Lipinski definition) is 3. The number of benzene rings is 1. The van der Waals surface area contributed by atoms with Crippen molar-refractivity contribution >= 4 is 0 Å². The third-order valence-corrected chi connectivity index (χ3v) is 4.05. The molecule has 18 heavy (non-hydrogen) atoms. The lowest BCUT2D eigenvalue weighted by atomic mass is 9.92. The van der Waals surface area contributed by atoms with Crippen LogP contribution in [0.4, 0.5) is 0 Å². The van der Waals surface area contributed by atoms with E-state index >= 15 is 0 Å². The first-order chi connectivity index (χ1) is 8.83. The highest BCUT2D eigenvalue weighted by atomic mass is 16.5. The zero-order valence-corrected chi connectivity index (χ0v) is 10.7. The van der Waals surface area contributed by atoms with Gasteiger partial charge in [0, 0.05) is 19.0 Å². The van der Waals surface area contributed by atoms with Gasteiger partial charge in [0.1, 0.15) is 5.75 Å². The zero-order chi connectivity index (χ0) is 12.4. The molecule has 2 aliphatic rings. The van der Waals surface area contributed by atoms with Gasteiger partial charge in [0.2, 0.25) is 0 Å². The van der Waals surface area contributed by atoms with Crippen LogP contribution in [-0.2, 0) is 13.0 Å². The lowest BCUT2D eigenvalue weighted by Crippen LogP contribution is -2.41. The number of aliphatic hydroxyl groups excluding tert-OH is 1. The summed E-state index contributed by atoms with van der Waals surface area (Å²) in [5, 5.41) is 13.4. The maximum Gasteiger partial charge on any atom is 0.122 e. The molecule has 1 aliphatic heterocycles. The number of hydrogen-bond donors (Lipinski definition) is 2. The van der Waals surface area contributed by atoms with E-state index in [4.69, 9.17) is 4.74 Å². The van der Waals surface area contributed by atoms with Crippen LogP contribution in [0, 0.1) is 0 Å². The van der Waals surface area contributed by atoms with Crippen LogP contribution < -0.4 is 10.1 Å². The van der Waals surface area contributed by atoms with Crippen LogP contribution in [0.25, 0.3) is 0 Å². The van der Waals surface area contributed by atoms with Crippen LogP contribution in [0.2, 0.25) is 0 Å². The Morgan fingerprint density at radius 2 is 2.17 bits per heavy atom. The molecule has 2 atom stereocenters. The smallest absolute Gasteiger partial charge is 0.122 e. The summed E-state index contributed by atoms with van der Waals surface area (Å²) in [6.45, 7) is 1.66. The van der Waals surface area contributed by atoms with Crippen molar-refractivity contribution in [3.05, 3.63) is 29.3 Å². The molecule has 3 heteroatoms. The van der Waals surface area contributed by atoms with Gasteiger partial charge in [0.05, 0.1) is 12.7 Å². The van der Waals surface area contributed by atoms with Crippen molar-refractivity contribution in [1.29, 1.82) is 0 Å². The van der Waals surface area contributed by atoms with Crippen molar-refractivity contribution in [2.75, 3.05) is 6.61 Å². The van der Waals surface area contributed by atoms with Crippen molar-refractivity contribution in [3.63, 3.8) is 0 Å². The van der Waals surface area contributed by atoms with Gasteiger partial charge in [-0.1, -0.05) is 25.0 Å². The molecule has 0 unspecified atom stereocenters. The minimum Gasteiger partial charge on any atom is -0.493 e. The molecular formula is C15H21NO2. The summed E-state index contributed by atoms with van der Waals surface area (Å²) in [6.07, 6.45) is 5.28. The van der Waals surface area contributed by atoms with E-state index in [9.17, 15) is 5.11 Å². The predicted octanol–water partition coefficient (Wildman–Crippen LogP) is 2.01. The lowest BCUT2D eigenvalue weighted by Gasteiger charge is -2.28. The molecule has 3 rings (SSSR count). The van der Waals surface area contributed by atoms with Crippen LogP contribution in [0.3, 0.4) is 0 Å². The Bertz CT molecular complexity index is 419. The number of fused-ring (bicyclic) bond motifs is 1. The highest BCUT2D eigenvalue weighted by Gasteiger charge is 2.22. The first-order valence-corrected chi connectivity index (χ1v) is 6.99. The third-order valence-electron chi connectivity index (χ3n) is 4.05. The van der Waals surface area contributed by atoms with E-state index in [-0.39, 0.29) is 12.1 Å². The maximum atomic E-state index is 9.92. The molecule has 3 nitrogen and oxygen atoms in total. The molecule has 0 saturated heterocycles. The first-order valence-electron chi connectivity index (χ1n) is 6.99. The Kier molecular flexibility index (Phi) is 3.52. The van der Waals surface area contributed by atoms with Crippen molar-refractivity contribution in [2.45, 2.75) is 50.8 Å². The molecule has 1 saturated carbocycles. The lowest BCUT2D eigenvalue weighted by molar-refractivity contribution is 0.0902. The fourth-order valence-corrected chi connectivity index (χ4v) is 2.95. The van der Waals surface area contributed by atoms with E-state index in [1.165, 1.54) is 17.5 Å². The Morgan fingerprint density at radius 3 is 3.06 bits per heavy atom. The van der Waals surface area contributed by atoms with Gasteiger partial charge in [0.25, 0.3) is 0 Å². The molecule has 1 aromatic carbocycles. The number of aliphatic hydroxyl groups is 1. The molecule has 0 radical (unpaired) electrons. The first kappa shape index (κ1) is 12.0. The molecule has 2 N–H and O–H groups in total. The van der Waals surface area contributed by atoms with Gasteiger partial charge in [0.15, 0.2) is 0 Å². The average Bonchev–Trinajstić information content (AvgIpc) is 2.85. The Labute approximate surface area is 108 Å². The summed E-state index contributed by atoms with van der Waals surface area (Å²) in [5.74, 6) is 1.04. The summed E-state index contributed by atoms with van der Waals surface area (Å²) < 4.78 is 5.50. The van der Waals surface area contributed by atoms with Crippen LogP contribution in [0.5, 0.6) is 5.75 Å². The highest BCUT2D eigenvalue weighted by molar-refractivity contribution is 5.39. The Morgan fingerprint density at radius 1 is 1.28 bits per heavy atom. The van der Waals surface area contributed by atoms with E-state index in [0.717, 1.165) is 44.6 Å². The van der Waals surface area contributed by atoms with E-state index < -0.39 is 0 Å². The molecule has 1 aliphatic carbocycles. The minimum atomic E-state index is -0.170. The van der Waals surface area contributed by atoms with Crippen molar-refractivity contribution in [3.8, 4) is 5.75 Å². The van der Waals surface area contributed by atoms with Crippen LogP contribution in [0.1, 0.15) is 36.8 Å².